The number of carboxylic acid groups (broad SMARTS) is 1. The molecule has 33 heavy (non-hydrogen) atoms. The van der Waals surface area contributed by atoms with Gasteiger partial charge in [0.2, 0.25) is 0 Å². The van der Waals surface area contributed by atoms with Gasteiger partial charge in [0.25, 0.3) is 0 Å². The van der Waals surface area contributed by atoms with E-state index < -0.39 is 23.9 Å². The van der Waals surface area contributed by atoms with Gasteiger partial charge in [-0.05, 0) is 29.8 Å². The van der Waals surface area contributed by atoms with Crippen LogP contribution in [0.5, 0.6) is 11.5 Å². The second-order valence-electron chi connectivity index (χ2n) is 7.14. The number of hydrogen-bond acceptors (Lipinski definition) is 6. The lowest BCUT2D eigenvalue weighted by atomic mass is 9.98. The molecular weight excluding hydrogens is 436 g/mol. The molecule has 168 valence electrons. The molecular formula is C22H17F2N5O4. The normalized spacial score (nSPS) is 11.1. The van der Waals surface area contributed by atoms with Crippen molar-refractivity contribution in [3.05, 3.63) is 47.8 Å². The average Bonchev–Trinajstić information content (AvgIpc) is 3.33. The molecule has 1 N–H and O–H groups in total. The Morgan fingerprint density at radius 3 is 2.45 bits per heavy atom. The van der Waals surface area contributed by atoms with E-state index in [2.05, 4.69) is 21.0 Å². The molecule has 11 heteroatoms. The van der Waals surface area contributed by atoms with Crippen molar-refractivity contribution in [2.45, 2.75) is 6.61 Å². The standard InChI is InChI=1S/C22H17F2N5O4/c1-28-10-14(9-26-28)11-4-13(8-25)18-15(5-11)27-29(2)20(18)12-6-16(32-3)19(21(30)31)17(7-12)33-22(23)24/h4-7,9-10,22H,1-3H3,(H,30,31). The Balaban J connectivity index is 1.99. The van der Waals surface area contributed by atoms with Crippen LogP contribution in [-0.4, -0.2) is 44.4 Å². The van der Waals surface area contributed by atoms with Crippen molar-refractivity contribution in [3.63, 3.8) is 0 Å². The van der Waals surface area contributed by atoms with Crippen LogP contribution in [0.4, 0.5) is 8.78 Å². The third-order valence-corrected chi connectivity index (χ3v) is 5.08. The first-order valence-electron chi connectivity index (χ1n) is 9.53. The zero-order valence-electron chi connectivity index (χ0n) is 17.7. The molecule has 0 saturated carbocycles. The van der Waals surface area contributed by atoms with Gasteiger partial charge < -0.3 is 14.6 Å². The number of benzene rings is 2. The predicted molar refractivity (Wildman–Crippen MR) is 113 cm³/mol. The molecule has 4 rings (SSSR count). The summed E-state index contributed by atoms with van der Waals surface area (Å²) < 4.78 is 38.8. The van der Waals surface area contributed by atoms with Crippen LogP contribution in [0.15, 0.2) is 36.7 Å². The number of halogens is 2. The van der Waals surface area contributed by atoms with Gasteiger partial charge in [0, 0.05) is 36.8 Å². The quantitative estimate of drug-likeness (QED) is 0.472. The maximum Gasteiger partial charge on any atom is 0.387 e. The number of nitrogens with zero attached hydrogens (tertiary/aromatic N) is 5. The van der Waals surface area contributed by atoms with Crippen LogP contribution in [0.1, 0.15) is 15.9 Å². The minimum atomic E-state index is -3.25. The van der Waals surface area contributed by atoms with Gasteiger partial charge in [-0.25, -0.2) is 4.79 Å². The Bertz CT molecular complexity index is 1440. The number of nitriles is 1. The fourth-order valence-electron chi connectivity index (χ4n) is 3.77. The summed E-state index contributed by atoms with van der Waals surface area (Å²) >= 11 is 0. The summed E-state index contributed by atoms with van der Waals surface area (Å²) in [5.74, 6) is -2.22. The van der Waals surface area contributed by atoms with Crippen molar-refractivity contribution in [3.8, 4) is 40.0 Å². The van der Waals surface area contributed by atoms with E-state index in [4.69, 9.17) is 4.74 Å². The molecule has 2 aromatic heterocycles. The highest BCUT2D eigenvalue weighted by Crippen LogP contribution is 2.40. The zero-order chi connectivity index (χ0) is 23.9. The van der Waals surface area contributed by atoms with E-state index in [1.165, 1.54) is 23.9 Å². The van der Waals surface area contributed by atoms with Gasteiger partial charge in [0.05, 0.1) is 36.1 Å². The number of fused-ring (bicyclic) bond motifs is 1. The molecule has 0 amide bonds. The van der Waals surface area contributed by atoms with Crippen LogP contribution in [-0.2, 0) is 14.1 Å². The summed E-state index contributed by atoms with van der Waals surface area (Å²) in [5.41, 5.74) is 2.49. The Kier molecular flexibility index (Phi) is 5.43. The first-order chi connectivity index (χ1) is 15.7. The summed E-state index contributed by atoms with van der Waals surface area (Å²) in [7, 11) is 4.63. The second-order valence-corrected chi connectivity index (χ2v) is 7.14. The molecule has 0 saturated heterocycles. The van der Waals surface area contributed by atoms with Crippen molar-refractivity contribution in [2.75, 3.05) is 7.11 Å². The lowest BCUT2D eigenvalue weighted by Gasteiger charge is -2.14. The van der Waals surface area contributed by atoms with Gasteiger partial charge in [-0.2, -0.15) is 24.2 Å². The SMILES string of the molecule is COc1cc(-c2c3c(C#N)cc(-c4cnn(C)c4)cc3nn2C)cc(OC(F)F)c1C(=O)O. The lowest BCUT2D eigenvalue weighted by molar-refractivity contribution is -0.0504. The molecule has 2 heterocycles. The summed E-state index contributed by atoms with van der Waals surface area (Å²) in [6, 6.07) is 8.19. The van der Waals surface area contributed by atoms with Crippen LogP contribution < -0.4 is 9.47 Å². The molecule has 0 bridgehead atoms. The molecule has 0 unspecified atom stereocenters. The number of carboxylic acids is 1. The first-order valence-corrected chi connectivity index (χ1v) is 9.53. The number of methoxy groups -OCH3 is 1. The van der Waals surface area contributed by atoms with E-state index >= 15 is 0 Å². The van der Waals surface area contributed by atoms with Crippen LogP contribution in [0, 0.1) is 11.3 Å². The van der Waals surface area contributed by atoms with Crippen LogP contribution >= 0.6 is 0 Å². The van der Waals surface area contributed by atoms with Gasteiger partial charge >= 0.3 is 12.6 Å². The van der Waals surface area contributed by atoms with E-state index in [1.807, 2.05) is 0 Å². The van der Waals surface area contributed by atoms with Gasteiger partial charge in [0.1, 0.15) is 17.1 Å². The number of aromatic carboxylic acids is 1. The summed E-state index contributed by atoms with van der Waals surface area (Å²) in [5, 5.41) is 28.4. The van der Waals surface area contributed by atoms with E-state index in [0.29, 0.717) is 27.7 Å². The van der Waals surface area contributed by atoms with Gasteiger partial charge in [-0.3, -0.25) is 9.36 Å². The number of rotatable bonds is 6. The van der Waals surface area contributed by atoms with E-state index in [0.717, 1.165) is 11.1 Å². The molecule has 0 aliphatic heterocycles. The molecule has 0 spiro atoms. The van der Waals surface area contributed by atoms with E-state index in [1.54, 1.807) is 43.3 Å². The topological polar surface area (TPSA) is 115 Å². The number of carbonyl (C=O) groups is 1. The molecule has 0 atom stereocenters. The highest BCUT2D eigenvalue weighted by molar-refractivity contribution is 6.01. The predicted octanol–water partition coefficient (Wildman–Crippen LogP) is 3.82. The Labute approximate surface area is 186 Å². The van der Waals surface area contributed by atoms with E-state index in [9.17, 15) is 23.9 Å². The lowest BCUT2D eigenvalue weighted by Crippen LogP contribution is -2.10. The zero-order valence-corrected chi connectivity index (χ0v) is 17.7. The Morgan fingerprint density at radius 2 is 1.88 bits per heavy atom. The highest BCUT2D eigenvalue weighted by atomic mass is 19.3. The molecule has 0 aliphatic rings. The number of aryl methyl sites for hydroxylation is 2. The fraction of sp³-hybridized carbons (Fsp3) is 0.182. The van der Waals surface area contributed by atoms with Gasteiger partial charge in [0.15, 0.2) is 0 Å². The molecule has 0 fully saturated rings. The Hall–Kier alpha value is -4.46. The van der Waals surface area contributed by atoms with Gasteiger partial charge in [-0.15, -0.1) is 0 Å². The molecule has 9 nitrogen and oxygen atoms in total. The summed E-state index contributed by atoms with van der Waals surface area (Å²) in [6.07, 6.45) is 3.46. The van der Waals surface area contributed by atoms with Gasteiger partial charge in [-0.1, -0.05) is 0 Å². The molecule has 0 aliphatic carbocycles. The first kappa shape index (κ1) is 21.8. The van der Waals surface area contributed by atoms with Crippen LogP contribution in [0.25, 0.3) is 33.3 Å². The minimum Gasteiger partial charge on any atom is -0.496 e. The molecule has 0 radical (unpaired) electrons. The smallest absolute Gasteiger partial charge is 0.387 e. The largest absolute Gasteiger partial charge is 0.496 e. The van der Waals surface area contributed by atoms with Crippen molar-refractivity contribution in [1.29, 1.82) is 5.26 Å². The summed E-state index contributed by atoms with van der Waals surface area (Å²) in [6.45, 7) is -3.25. The highest BCUT2D eigenvalue weighted by Gasteiger charge is 2.25. The third kappa shape index (κ3) is 3.82. The molecule has 2 aromatic carbocycles. The number of hydrogen-bond donors (Lipinski definition) is 1. The molecule has 4 aromatic rings. The fourth-order valence-corrected chi connectivity index (χ4v) is 3.77. The third-order valence-electron chi connectivity index (χ3n) is 5.08. The number of ether oxygens (including phenoxy) is 2. The van der Waals surface area contributed by atoms with Crippen molar-refractivity contribution in [2.24, 2.45) is 14.1 Å². The van der Waals surface area contributed by atoms with Crippen molar-refractivity contribution >= 4 is 16.9 Å². The number of aromatic nitrogens is 4. The van der Waals surface area contributed by atoms with Crippen LogP contribution in [0.2, 0.25) is 0 Å². The number of alkyl halides is 2. The monoisotopic (exact) mass is 453 g/mol. The Morgan fingerprint density at radius 1 is 1.15 bits per heavy atom. The summed E-state index contributed by atoms with van der Waals surface area (Å²) in [4.78, 5) is 11.7. The average molecular weight is 453 g/mol. The van der Waals surface area contributed by atoms with Crippen LogP contribution in [0.3, 0.4) is 0 Å². The minimum absolute atomic E-state index is 0.171. The maximum absolute atomic E-state index is 13.0. The van der Waals surface area contributed by atoms with Crippen molar-refractivity contribution < 1.29 is 28.2 Å². The van der Waals surface area contributed by atoms with E-state index in [-0.39, 0.29) is 5.75 Å². The van der Waals surface area contributed by atoms with Crippen molar-refractivity contribution in [1.82, 2.24) is 19.6 Å². The maximum atomic E-state index is 13.0. The second kappa shape index (κ2) is 8.23.